The number of aliphatic hydroxyl groups is 1. The summed E-state index contributed by atoms with van der Waals surface area (Å²) in [6, 6.07) is 7.54. The Labute approximate surface area is 137 Å². The van der Waals surface area contributed by atoms with E-state index in [0.29, 0.717) is 24.9 Å². The van der Waals surface area contributed by atoms with Crippen molar-refractivity contribution in [3.8, 4) is 5.75 Å². The van der Waals surface area contributed by atoms with Crippen LogP contribution in [0.5, 0.6) is 5.75 Å². The van der Waals surface area contributed by atoms with Gasteiger partial charge in [0.25, 0.3) is 0 Å². The minimum absolute atomic E-state index is 0.0918. The van der Waals surface area contributed by atoms with E-state index in [4.69, 9.17) is 4.74 Å². The van der Waals surface area contributed by atoms with Crippen molar-refractivity contribution in [2.45, 2.75) is 51.0 Å². The first-order chi connectivity index (χ1) is 11.0. The molecule has 2 N–H and O–H groups in total. The molecule has 4 bridgehead atoms. The van der Waals surface area contributed by atoms with E-state index in [0.717, 1.165) is 37.1 Å². The zero-order valence-electron chi connectivity index (χ0n) is 13.7. The number of hydrogen-bond acceptors (Lipinski definition) is 3. The minimum Gasteiger partial charge on any atom is -0.494 e. The lowest BCUT2D eigenvalue weighted by molar-refractivity contribution is -0.174. The van der Waals surface area contributed by atoms with Crippen LogP contribution in [0.25, 0.3) is 0 Å². The fourth-order valence-electron chi connectivity index (χ4n) is 5.54. The van der Waals surface area contributed by atoms with Crippen LogP contribution in [0.15, 0.2) is 24.3 Å². The predicted octanol–water partition coefficient (Wildman–Crippen LogP) is 3.36. The van der Waals surface area contributed by atoms with Gasteiger partial charge in [-0.05, 0) is 81.5 Å². The zero-order valence-corrected chi connectivity index (χ0v) is 13.7. The highest BCUT2D eigenvalue weighted by atomic mass is 16.5. The molecule has 0 heterocycles. The maximum atomic E-state index is 13.0. The van der Waals surface area contributed by atoms with Crippen LogP contribution in [-0.4, -0.2) is 23.2 Å². The van der Waals surface area contributed by atoms with Crippen molar-refractivity contribution in [1.82, 2.24) is 0 Å². The minimum atomic E-state index is -0.597. The third-order valence-electron chi connectivity index (χ3n) is 5.94. The number of amides is 1. The van der Waals surface area contributed by atoms with Crippen molar-refractivity contribution < 1.29 is 14.6 Å². The Morgan fingerprint density at radius 2 is 1.87 bits per heavy atom. The largest absolute Gasteiger partial charge is 0.494 e. The lowest BCUT2D eigenvalue weighted by Gasteiger charge is -2.59. The Bertz CT molecular complexity index is 596. The smallest absolute Gasteiger partial charge is 0.230 e. The first-order valence-corrected chi connectivity index (χ1v) is 8.77. The molecule has 4 nitrogen and oxygen atoms in total. The fourth-order valence-corrected chi connectivity index (χ4v) is 5.54. The van der Waals surface area contributed by atoms with Gasteiger partial charge in [-0.2, -0.15) is 0 Å². The van der Waals surface area contributed by atoms with E-state index in [1.165, 1.54) is 6.42 Å². The molecule has 0 saturated heterocycles. The standard InChI is InChI=1S/C19H25NO3/c1-2-23-16-5-3-15(4-6-16)20-17(21)18-8-13-7-14(9-18)11-19(22,10-13)12-18/h3-6,13-14,22H,2,7-12H2,1H3,(H,20,21)/t13-,14+,18?,19?. The van der Waals surface area contributed by atoms with Crippen molar-refractivity contribution in [1.29, 1.82) is 0 Å². The average molecular weight is 315 g/mol. The Morgan fingerprint density at radius 1 is 1.22 bits per heavy atom. The normalized spacial score (nSPS) is 37.7. The number of ether oxygens (including phenoxy) is 1. The van der Waals surface area contributed by atoms with Crippen molar-refractivity contribution in [3.05, 3.63) is 24.3 Å². The van der Waals surface area contributed by atoms with Gasteiger partial charge in [0.15, 0.2) is 0 Å². The number of carbonyl (C=O) groups is 1. The van der Waals surface area contributed by atoms with Crippen LogP contribution in [-0.2, 0) is 4.79 Å². The molecular weight excluding hydrogens is 290 g/mol. The third-order valence-corrected chi connectivity index (χ3v) is 5.94. The van der Waals surface area contributed by atoms with Crippen LogP contribution in [0.4, 0.5) is 5.69 Å². The third kappa shape index (κ3) is 2.63. The lowest BCUT2D eigenvalue weighted by atomic mass is 9.47. The van der Waals surface area contributed by atoms with Gasteiger partial charge in [-0.25, -0.2) is 0 Å². The van der Waals surface area contributed by atoms with Crippen LogP contribution in [0.1, 0.15) is 45.4 Å². The summed E-state index contributed by atoms with van der Waals surface area (Å²) < 4.78 is 5.43. The molecule has 4 saturated carbocycles. The van der Waals surface area contributed by atoms with E-state index >= 15 is 0 Å². The van der Waals surface area contributed by atoms with Gasteiger partial charge in [0, 0.05) is 5.69 Å². The van der Waals surface area contributed by atoms with E-state index in [-0.39, 0.29) is 11.3 Å². The van der Waals surface area contributed by atoms with Gasteiger partial charge in [0.05, 0.1) is 17.6 Å². The van der Waals surface area contributed by atoms with Crippen LogP contribution in [0.2, 0.25) is 0 Å². The quantitative estimate of drug-likeness (QED) is 0.896. The Morgan fingerprint density at radius 3 is 2.43 bits per heavy atom. The van der Waals surface area contributed by atoms with Crippen molar-refractivity contribution in [3.63, 3.8) is 0 Å². The van der Waals surface area contributed by atoms with Crippen LogP contribution in [0, 0.1) is 17.3 Å². The SMILES string of the molecule is CCOc1ccc(NC(=O)C23C[C@@H]4C[C@@H](CC(O)(C4)C2)C3)cc1. The molecule has 1 aromatic rings. The number of benzene rings is 1. The molecule has 4 atom stereocenters. The molecule has 23 heavy (non-hydrogen) atoms. The predicted molar refractivity (Wildman–Crippen MR) is 88.3 cm³/mol. The fraction of sp³-hybridized carbons (Fsp3) is 0.632. The van der Waals surface area contributed by atoms with Crippen molar-refractivity contribution in [2.24, 2.45) is 17.3 Å². The molecule has 2 unspecified atom stereocenters. The van der Waals surface area contributed by atoms with Gasteiger partial charge in [0.2, 0.25) is 5.91 Å². The molecule has 0 aliphatic heterocycles. The molecule has 4 fully saturated rings. The van der Waals surface area contributed by atoms with Gasteiger partial charge in [-0.15, -0.1) is 0 Å². The summed E-state index contributed by atoms with van der Waals surface area (Å²) >= 11 is 0. The first-order valence-electron chi connectivity index (χ1n) is 8.77. The molecule has 5 rings (SSSR count). The second-order valence-corrected chi connectivity index (χ2v) is 7.88. The number of hydrogen-bond donors (Lipinski definition) is 2. The first kappa shape index (κ1) is 15.0. The molecule has 4 aliphatic carbocycles. The topological polar surface area (TPSA) is 58.6 Å². The summed E-state index contributed by atoms with van der Waals surface area (Å²) in [4.78, 5) is 13.0. The Hall–Kier alpha value is -1.55. The Kier molecular flexibility index (Phi) is 3.41. The maximum Gasteiger partial charge on any atom is 0.230 e. The summed E-state index contributed by atoms with van der Waals surface area (Å²) in [6.45, 7) is 2.59. The number of rotatable bonds is 4. The monoisotopic (exact) mass is 315 g/mol. The number of nitrogens with one attached hydrogen (secondary N) is 1. The van der Waals surface area contributed by atoms with Gasteiger partial charge in [-0.1, -0.05) is 0 Å². The zero-order chi connectivity index (χ0) is 16.1. The molecule has 0 radical (unpaired) electrons. The van der Waals surface area contributed by atoms with E-state index in [2.05, 4.69) is 5.32 Å². The van der Waals surface area contributed by atoms with Crippen molar-refractivity contribution >= 4 is 11.6 Å². The van der Waals surface area contributed by atoms with Crippen LogP contribution < -0.4 is 10.1 Å². The van der Waals surface area contributed by atoms with E-state index in [1.807, 2.05) is 31.2 Å². The van der Waals surface area contributed by atoms with Crippen LogP contribution in [0.3, 0.4) is 0 Å². The molecule has 0 spiro atoms. The van der Waals surface area contributed by atoms with Gasteiger partial charge < -0.3 is 15.2 Å². The number of anilines is 1. The average Bonchev–Trinajstić information content (AvgIpc) is 2.47. The number of carbonyl (C=O) groups excluding carboxylic acids is 1. The highest BCUT2D eigenvalue weighted by Gasteiger charge is 2.60. The van der Waals surface area contributed by atoms with Gasteiger partial charge >= 0.3 is 0 Å². The second-order valence-electron chi connectivity index (χ2n) is 7.88. The summed E-state index contributed by atoms with van der Waals surface area (Å²) in [7, 11) is 0. The lowest BCUT2D eigenvalue weighted by Crippen LogP contribution is -2.59. The molecular formula is C19H25NO3. The molecule has 4 heteroatoms. The molecule has 1 amide bonds. The van der Waals surface area contributed by atoms with E-state index < -0.39 is 5.60 Å². The van der Waals surface area contributed by atoms with E-state index in [9.17, 15) is 9.90 Å². The summed E-state index contributed by atoms with van der Waals surface area (Å²) in [6.07, 6.45) is 5.49. The molecule has 4 aliphatic rings. The highest BCUT2D eigenvalue weighted by molar-refractivity contribution is 5.95. The molecule has 0 aromatic heterocycles. The summed E-state index contributed by atoms with van der Waals surface area (Å²) in [5.74, 6) is 1.95. The molecule has 124 valence electrons. The Balaban J connectivity index is 1.50. The van der Waals surface area contributed by atoms with Gasteiger partial charge in [0.1, 0.15) is 5.75 Å². The maximum absolute atomic E-state index is 13.0. The van der Waals surface area contributed by atoms with E-state index in [1.54, 1.807) is 0 Å². The summed E-state index contributed by atoms with van der Waals surface area (Å²) in [5.41, 5.74) is -0.154. The summed E-state index contributed by atoms with van der Waals surface area (Å²) in [5, 5.41) is 13.9. The second kappa shape index (κ2) is 5.23. The van der Waals surface area contributed by atoms with Crippen molar-refractivity contribution in [2.75, 3.05) is 11.9 Å². The van der Waals surface area contributed by atoms with Crippen LogP contribution >= 0.6 is 0 Å². The highest BCUT2D eigenvalue weighted by Crippen LogP contribution is 2.61. The molecule has 1 aromatic carbocycles. The van der Waals surface area contributed by atoms with Gasteiger partial charge in [-0.3, -0.25) is 4.79 Å².